The van der Waals surface area contributed by atoms with Crippen molar-refractivity contribution in [3.63, 3.8) is 0 Å². The van der Waals surface area contributed by atoms with E-state index in [4.69, 9.17) is 0 Å². The molecule has 0 saturated carbocycles. The van der Waals surface area contributed by atoms with Crippen molar-refractivity contribution in [3.05, 3.63) is 24.3 Å². The first-order chi connectivity index (χ1) is 6.51. The highest BCUT2D eigenvalue weighted by Crippen LogP contribution is 2.24. The minimum absolute atomic E-state index is 0.212. The summed E-state index contributed by atoms with van der Waals surface area (Å²) in [6.45, 7) is 2.51. The highest BCUT2D eigenvalue weighted by atomic mass is 19.4. The van der Waals surface area contributed by atoms with Crippen LogP contribution >= 0.6 is 0 Å². The molecule has 0 unspecified atom stereocenters. The molecule has 0 spiro atoms. The lowest BCUT2D eigenvalue weighted by Gasteiger charge is -2.10. The lowest BCUT2D eigenvalue weighted by atomic mass is 10.3. The second-order valence-electron chi connectivity index (χ2n) is 2.61. The number of benzene rings is 1. The minimum atomic E-state index is -4.63. The van der Waals surface area contributed by atoms with Crippen LogP contribution in [0.5, 0.6) is 5.75 Å². The Morgan fingerprint density at radius 2 is 2.07 bits per heavy atom. The fraction of sp³-hybridized carbons (Fsp3) is 0.333. The van der Waals surface area contributed by atoms with Crippen LogP contribution in [0.1, 0.15) is 6.92 Å². The van der Waals surface area contributed by atoms with E-state index in [9.17, 15) is 13.2 Å². The van der Waals surface area contributed by atoms with E-state index in [0.717, 1.165) is 0 Å². The molecule has 0 amide bonds. The van der Waals surface area contributed by atoms with Crippen LogP contribution in [-0.2, 0) is 0 Å². The van der Waals surface area contributed by atoms with Crippen LogP contribution in [0.15, 0.2) is 24.3 Å². The maximum Gasteiger partial charge on any atom is 0.573 e. The topological polar surface area (TPSA) is 21.3 Å². The maximum absolute atomic E-state index is 11.8. The molecule has 0 saturated heterocycles. The summed E-state index contributed by atoms with van der Waals surface area (Å²) in [4.78, 5) is 0. The molecule has 5 heteroatoms. The van der Waals surface area contributed by atoms with Gasteiger partial charge in [-0.25, -0.2) is 0 Å². The normalized spacial score (nSPS) is 11.1. The van der Waals surface area contributed by atoms with Gasteiger partial charge in [0, 0.05) is 18.3 Å². The zero-order valence-corrected chi connectivity index (χ0v) is 7.56. The van der Waals surface area contributed by atoms with Crippen molar-refractivity contribution in [2.45, 2.75) is 13.3 Å². The Balaban J connectivity index is 2.73. The average molecular weight is 205 g/mol. The third-order valence-electron chi connectivity index (χ3n) is 1.45. The second kappa shape index (κ2) is 4.21. The van der Waals surface area contributed by atoms with Crippen molar-refractivity contribution in [1.82, 2.24) is 0 Å². The molecular formula is C9H10F3NO. The number of nitrogens with one attached hydrogen (secondary N) is 1. The Kier molecular flexibility index (Phi) is 3.22. The largest absolute Gasteiger partial charge is 0.573 e. The summed E-state index contributed by atoms with van der Waals surface area (Å²) in [5.74, 6) is -0.212. The van der Waals surface area contributed by atoms with Gasteiger partial charge in [-0.2, -0.15) is 0 Å². The number of hydrogen-bond donors (Lipinski definition) is 1. The first-order valence-corrected chi connectivity index (χ1v) is 4.11. The highest BCUT2D eigenvalue weighted by Gasteiger charge is 2.31. The van der Waals surface area contributed by atoms with Crippen LogP contribution in [0.3, 0.4) is 0 Å². The van der Waals surface area contributed by atoms with Crippen LogP contribution in [0, 0.1) is 0 Å². The SMILES string of the molecule is CCNc1cccc(OC(F)(F)F)c1. The third kappa shape index (κ3) is 3.55. The quantitative estimate of drug-likeness (QED) is 0.818. The summed E-state index contributed by atoms with van der Waals surface area (Å²) in [7, 11) is 0. The summed E-state index contributed by atoms with van der Waals surface area (Å²) in [5, 5.41) is 2.89. The fourth-order valence-corrected chi connectivity index (χ4v) is 1.01. The Labute approximate surface area is 79.7 Å². The van der Waals surface area contributed by atoms with E-state index in [-0.39, 0.29) is 5.75 Å². The van der Waals surface area contributed by atoms with Crippen molar-refractivity contribution in [2.75, 3.05) is 11.9 Å². The smallest absolute Gasteiger partial charge is 0.406 e. The molecule has 0 aliphatic carbocycles. The van der Waals surface area contributed by atoms with E-state index in [1.165, 1.54) is 18.2 Å². The molecule has 0 aliphatic heterocycles. The van der Waals surface area contributed by atoms with Gasteiger partial charge in [0.2, 0.25) is 0 Å². The van der Waals surface area contributed by atoms with Crippen LogP contribution in [0.2, 0.25) is 0 Å². The predicted octanol–water partition coefficient (Wildman–Crippen LogP) is 3.02. The van der Waals surface area contributed by atoms with E-state index in [2.05, 4.69) is 10.1 Å². The molecule has 1 aromatic carbocycles. The molecule has 1 N–H and O–H groups in total. The van der Waals surface area contributed by atoms with Crippen molar-refractivity contribution >= 4 is 5.69 Å². The molecule has 78 valence electrons. The summed E-state index contributed by atoms with van der Waals surface area (Å²) in [6, 6.07) is 5.73. The number of ether oxygens (including phenoxy) is 1. The number of anilines is 1. The van der Waals surface area contributed by atoms with Gasteiger partial charge >= 0.3 is 6.36 Å². The van der Waals surface area contributed by atoms with Gasteiger partial charge in [0.05, 0.1) is 0 Å². The fourth-order valence-electron chi connectivity index (χ4n) is 1.01. The van der Waals surface area contributed by atoms with E-state index in [1.54, 1.807) is 6.07 Å². The zero-order valence-electron chi connectivity index (χ0n) is 7.56. The molecule has 0 radical (unpaired) electrons. The van der Waals surface area contributed by atoms with Gasteiger partial charge < -0.3 is 10.1 Å². The van der Waals surface area contributed by atoms with E-state index in [1.807, 2.05) is 6.92 Å². The molecule has 0 heterocycles. The Morgan fingerprint density at radius 3 is 2.64 bits per heavy atom. The maximum atomic E-state index is 11.8. The molecular weight excluding hydrogens is 195 g/mol. The lowest BCUT2D eigenvalue weighted by Crippen LogP contribution is -2.17. The Hall–Kier alpha value is -1.39. The van der Waals surface area contributed by atoms with Crippen molar-refractivity contribution in [2.24, 2.45) is 0 Å². The molecule has 2 nitrogen and oxygen atoms in total. The van der Waals surface area contributed by atoms with Gasteiger partial charge in [0.1, 0.15) is 5.75 Å². The van der Waals surface area contributed by atoms with Crippen LogP contribution < -0.4 is 10.1 Å². The minimum Gasteiger partial charge on any atom is -0.406 e. The third-order valence-corrected chi connectivity index (χ3v) is 1.45. The molecule has 0 atom stereocenters. The van der Waals surface area contributed by atoms with Gasteiger partial charge in [-0.15, -0.1) is 13.2 Å². The van der Waals surface area contributed by atoms with Crippen molar-refractivity contribution < 1.29 is 17.9 Å². The molecule has 14 heavy (non-hydrogen) atoms. The number of hydrogen-bond acceptors (Lipinski definition) is 2. The van der Waals surface area contributed by atoms with Crippen molar-refractivity contribution in [1.29, 1.82) is 0 Å². The Bertz CT molecular complexity index is 298. The summed E-state index contributed by atoms with van der Waals surface area (Å²) < 4.78 is 39.2. The number of alkyl halides is 3. The van der Waals surface area contributed by atoms with Crippen molar-refractivity contribution in [3.8, 4) is 5.75 Å². The van der Waals surface area contributed by atoms with E-state index in [0.29, 0.717) is 12.2 Å². The molecule has 0 fully saturated rings. The van der Waals surface area contributed by atoms with Crippen LogP contribution in [-0.4, -0.2) is 12.9 Å². The zero-order chi connectivity index (χ0) is 10.6. The summed E-state index contributed by atoms with van der Waals surface area (Å²) >= 11 is 0. The molecule has 0 aromatic heterocycles. The van der Waals surface area contributed by atoms with Gasteiger partial charge in [-0.1, -0.05) is 6.07 Å². The number of rotatable bonds is 3. The van der Waals surface area contributed by atoms with E-state index >= 15 is 0 Å². The van der Waals surface area contributed by atoms with E-state index < -0.39 is 6.36 Å². The van der Waals surface area contributed by atoms with Gasteiger partial charge in [0.25, 0.3) is 0 Å². The Morgan fingerprint density at radius 1 is 1.36 bits per heavy atom. The second-order valence-corrected chi connectivity index (χ2v) is 2.61. The lowest BCUT2D eigenvalue weighted by molar-refractivity contribution is -0.274. The van der Waals surface area contributed by atoms with Crippen LogP contribution in [0.25, 0.3) is 0 Å². The molecule has 0 bridgehead atoms. The van der Waals surface area contributed by atoms with Gasteiger partial charge in [0.15, 0.2) is 0 Å². The first-order valence-electron chi connectivity index (χ1n) is 4.11. The van der Waals surface area contributed by atoms with Gasteiger partial charge in [-0.3, -0.25) is 0 Å². The number of halogens is 3. The highest BCUT2D eigenvalue weighted by molar-refractivity contribution is 5.47. The first kappa shape index (κ1) is 10.7. The monoisotopic (exact) mass is 205 g/mol. The molecule has 1 rings (SSSR count). The summed E-state index contributed by atoms with van der Waals surface area (Å²) in [5.41, 5.74) is 0.606. The molecule has 1 aromatic rings. The average Bonchev–Trinajstić information content (AvgIpc) is 2.02. The molecule has 0 aliphatic rings. The predicted molar refractivity (Wildman–Crippen MR) is 47.3 cm³/mol. The van der Waals surface area contributed by atoms with Crippen LogP contribution in [0.4, 0.5) is 18.9 Å². The van der Waals surface area contributed by atoms with Gasteiger partial charge in [-0.05, 0) is 19.1 Å². The standard InChI is InChI=1S/C9H10F3NO/c1-2-13-7-4-3-5-8(6-7)14-9(10,11)12/h3-6,13H,2H2,1H3. The summed E-state index contributed by atoms with van der Waals surface area (Å²) in [6.07, 6.45) is -4.63.